The van der Waals surface area contributed by atoms with Gasteiger partial charge in [0.2, 0.25) is 29.4 Å². The number of hydrogen-bond acceptors (Lipinski definition) is 6. The molecule has 0 radical (unpaired) electrons. The van der Waals surface area contributed by atoms with Crippen LogP contribution in [0.3, 0.4) is 0 Å². The lowest BCUT2D eigenvalue weighted by atomic mass is 9.44. The fourth-order valence-electron chi connectivity index (χ4n) is 6.38. The SMILES string of the molecule is CC(C)NC(=O)C(=O)C(CC1CCCNC1=O)NC(=O)C1CCCN1C(=O)C(NC(=O)C12CC(C1)C2)C(C)C. The number of amides is 5. The fraction of sp³-hybridized carbons (Fsp3) is 0.786. The maximum absolute atomic E-state index is 13.6. The Bertz CT molecular complexity index is 1010. The normalized spacial score (nSPS) is 29.0. The third-order valence-corrected chi connectivity index (χ3v) is 8.77. The summed E-state index contributed by atoms with van der Waals surface area (Å²) in [6.45, 7) is 8.12. The van der Waals surface area contributed by atoms with Crippen molar-refractivity contribution in [3.63, 3.8) is 0 Å². The van der Waals surface area contributed by atoms with Crippen LogP contribution in [0, 0.1) is 23.2 Å². The van der Waals surface area contributed by atoms with Crippen molar-refractivity contribution in [3.8, 4) is 0 Å². The van der Waals surface area contributed by atoms with Crippen molar-refractivity contribution in [2.24, 2.45) is 23.2 Å². The zero-order chi connectivity index (χ0) is 28.5. The topological polar surface area (TPSA) is 154 Å². The number of hydrogen-bond donors (Lipinski definition) is 4. The molecule has 3 saturated carbocycles. The van der Waals surface area contributed by atoms with Gasteiger partial charge in [-0.1, -0.05) is 13.8 Å². The second-order valence-corrected chi connectivity index (χ2v) is 12.6. The Morgan fingerprint density at radius 1 is 0.974 bits per heavy atom. The lowest BCUT2D eigenvalue weighted by Gasteiger charge is -2.60. The summed E-state index contributed by atoms with van der Waals surface area (Å²) in [6, 6.07) is -3.03. The molecule has 4 unspecified atom stereocenters. The molecule has 2 saturated heterocycles. The Hall–Kier alpha value is -2.98. The van der Waals surface area contributed by atoms with Crippen LogP contribution in [0.5, 0.6) is 0 Å². The number of rotatable bonds is 11. The molecule has 4 atom stereocenters. The predicted octanol–water partition coefficient (Wildman–Crippen LogP) is 0.413. The molecule has 5 fully saturated rings. The monoisotopic (exact) mass is 545 g/mol. The third-order valence-electron chi connectivity index (χ3n) is 8.77. The van der Waals surface area contributed by atoms with Crippen LogP contribution in [0.2, 0.25) is 0 Å². The molecule has 3 aliphatic carbocycles. The Morgan fingerprint density at radius 2 is 1.67 bits per heavy atom. The summed E-state index contributed by atoms with van der Waals surface area (Å²) in [6.07, 6.45) is 4.97. The summed E-state index contributed by atoms with van der Waals surface area (Å²) in [7, 11) is 0. The van der Waals surface area contributed by atoms with E-state index in [4.69, 9.17) is 0 Å². The number of nitrogens with zero attached hydrogens (tertiary/aromatic N) is 1. The largest absolute Gasteiger partial charge is 0.356 e. The molecule has 11 heteroatoms. The van der Waals surface area contributed by atoms with Crippen molar-refractivity contribution >= 4 is 35.3 Å². The molecule has 5 aliphatic rings. The average molecular weight is 546 g/mol. The first-order chi connectivity index (χ1) is 18.4. The molecule has 0 spiro atoms. The second kappa shape index (κ2) is 11.6. The zero-order valence-corrected chi connectivity index (χ0v) is 23.5. The minimum absolute atomic E-state index is 0.0103. The molecule has 5 rings (SSSR count). The van der Waals surface area contributed by atoms with Gasteiger partial charge < -0.3 is 26.2 Å². The van der Waals surface area contributed by atoms with Gasteiger partial charge in [-0.25, -0.2) is 0 Å². The second-order valence-electron chi connectivity index (χ2n) is 12.6. The van der Waals surface area contributed by atoms with Crippen molar-refractivity contribution in [2.75, 3.05) is 13.1 Å². The van der Waals surface area contributed by atoms with Crippen LogP contribution in [0.1, 0.15) is 79.1 Å². The predicted molar refractivity (Wildman–Crippen MR) is 142 cm³/mol. The molecule has 5 amide bonds. The van der Waals surface area contributed by atoms with E-state index in [-0.39, 0.29) is 41.5 Å². The van der Waals surface area contributed by atoms with E-state index in [9.17, 15) is 28.8 Å². The van der Waals surface area contributed by atoms with Crippen molar-refractivity contribution < 1.29 is 28.8 Å². The molecule has 0 aromatic rings. The minimum atomic E-state index is -1.19. The zero-order valence-electron chi connectivity index (χ0n) is 23.5. The van der Waals surface area contributed by atoms with Crippen LogP contribution >= 0.6 is 0 Å². The molecule has 0 aromatic heterocycles. The number of likely N-dealkylation sites (tertiary alicyclic amines) is 1. The highest BCUT2D eigenvalue weighted by atomic mass is 16.2. The Morgan fingerprint density at radius 3 is 2.23 bits per heavy atom. The highest BCUT2D eigenvalue weighted by Gasteiger charge is 2.61. The van der Waals surface area contributed by atoms with Crippen molar-refractivity contribution in [3.05, 3.63) is 0 Å². The highest BCUT2D eigenvalue weighted by Crippen LogP contribution is 2.64. The van der Waals surface area contributed by atoms with E-state index < -0.39 is 41.6 Å². The molecular weight excluding hydrogens is 502 g/mol. The summed E-state index contributed by atoms with van der Waals surface area (Å²) in [5.41, 5.74) is -0.324. The molecule has 216 valence electrons. The minimum Gasteiger partial charge on any atom is -0.356 e. The van der Waals surface area contributed by atoms with E-state index in [1.54, 1.807) is 13.8 Å². The van der Waals surface area contributed by atoms with Crippen molar-refractivity contribution in [1.82, 2.24) is 26.2 Å². The van der Waals surface area contributed by atoms with E-state index >= 15 is 0 Å². The fourth-order valence-corrected chi connectivity index (χ4v) is 6.38. The van der Waals surface area contributed by atoms with Crippen LogP contribution in [0.25, 0.3) is 0 Å². The smallest absolute Gasteiger partial charge is 0.289 e. The quantitative estimate of drug-likeness (QED) is 0.276. The maximum Gasteiger partial charge on any atom is 0.289 e. The highest BCUT2D eigenvalue weighted by molar-refractivity contribution is 6.38. The number of nitrogens with one attached hydrogen (secondary N) is 4. The number of piperidine rings is 1. The third kappa shape index (κ3) is 6.11. The van der Waals surface area contributed by atoms with Gasteiger partial charge in [0, 0.05) is 30.5 Å². The summed E-state index contributed by atoms with van der Waals surface area (Å²) in [5, 5.41) is 11.0. The maximum atomic E-state index is 13.6. The summed E-state index contributed by atoms with van der Waals surface area (Å²) in [4.78, 5) is 79.6. The van der Waals surface area contributed by atoms with Gasteiger partial charge in [0.05, 0.1) is 6.04 Å². The van der Waals surface area contributed by atoms with E-state index in [0.29, 0.717) is 38.3 Å². The lowest BCUT2D eigenvalue weighted by Crippen LogP contribution is -2.64. The van der Waals surface area contributed by atoms with Gasteiger partial charge in [0.15, 0.2) is 0 Å². The van der Waals surface area contributed by atoms with E-state index in [2.05, 4.69) is 21.3 Å². The van der Waals surface area contributed by atoms with Crippen LogP contribution < -0.4 is 21.3 Å². The van der Waals surface area contributed by atoms with Gasteiger partial charge in [-0.2, -0.15) is 0 Å². The molecule has 2 aliphatic heterocycles. The molecule has 4 N–H and O–H groups in total. The molecule has 11 nitrogen and oxygen atoms in total. The Kier molecular flexibility index (Phi) is 8.66. The first-order valence-electron chi connectivity index (χ1n) is 14.5. The number of carbonyl (C=O) groups is 6. The van der Waals surface area contributed by atoms with Crippen LogP contribution in [-0.4, -0.2) is 77.5 Å². The Balaban J connectivity index is 1.45. The number of Topliss-reactive ketones (excluding diaryl/α,β-unsaturated/α-hetero) is 1. The lowest BCUT2D eigenvalue weighted by molar-refractivity contribution is -0.167. The number of ketones is 1. The average Bonchev–Trinajstić information content (AvgIpc) is 3.30. The summed E-state index contributed by atoms with van der Waals surface area (Å²) >= 11 is 0. The van der Waals surface area contributed by atoms with Gasteiger partial charge in [-0.05, 0) is 77.0 Å². The van der Waals surface area contributed by atoms with E-state index in [1.165, 1.54) is 4.90 Å². The summed E-state index contributed by atoms with van der Waals surface area (Å²) in [5.74, 6) is -2.78. The van der Waals surface area contributed by atoms with Gasteiger partial charge in [0.25, 0.3) is 5.91 Å². The molecule has 0 aromatic carbocycles. The van der Waals surface area contributed by atoms with E-state index in [0.717, 1.165) is 25.7 Å². The van der Waals surface area contributed by atoms with Gasteiger partial charge in [0.1, 0.15) is 12.1 Å². The number of carbonyl (C=O) groups excluding carboxylic acids is 6. The van der Waals surface area contributed by atoms with E-state index in [1.807, 2.05) is 13.8 Å². The standard InChI is InChI=1S/C28H43N5O6/c1-15(2)21(32-27(39)28-12-17(13-28)14-28)26(38)33-10-6-8-20(33)24(36)31-19(22(34)25(37)30-16(3)4)11-18-7-5-9-29-23(18)35/h15-21H,5-14H2,1-4H3,(H,29,35)(H,30,37)(H,31,36)(H,32,39). The molecule has 2 heterocycles. The van der Waals surface area contributed by atoms with Gasteiger partial charge >= 0.3 is 0 Å². The summed E-state index contributed by atoms with van der Waals surface area (Å²) < 4.78 is 0. The molecule has 2 bridgehead atoms. The van der Waals surface area contributed by atoms with Crippen LogP contribution in [-0.2, 0) is 28.8 Å². The molecular formula is C28H43N5O6. The van der Waals surface area contributed by atoms with Crippen molar-refractivity contribution in [1.29, 1.82) is 0 Å². The Labute approximate surface area is 229 Å². The molecule has 39 heavy (non-hydrogen) atoms. The first-order valence-corrected chi connectivity index (χ1v) is 14.5. The van der Waals surface area contributed by atoms with Gasteiger partial charge in [-0.3, -0.25) is 28.8 Å². The van der Waals surface area contributed by atoms with Crippen LogP contribution in [0.15, 0.2) is 0 Å². The van der Waals surface area contributed by atoms with Crippen molar-refractivity contribution in [2.45, 2.75) is 103 Å². The van der Waals surface area contributed by atoms with Gasteiger partial charge in [-0.15, -0.1) is 0 Å². The van der Waals surface area contributed by atoms with Crippen LogP contribution in [0.4, 0.5) is 0 Å². The first kappa shape index (κ1) is 29.0.